The molecule has 0 nitrogen and oxygen atoms in total. The first-order chi connectivity index (χ1) is 5.40. The Bertz CT molecular complexity index is 156. The average molecular weight is 186 g/mol. The maximum absolute atomic E-state index is 4.90. The van der Waals surface area contributed by atoms with Crippen LogP contribution in [-0.4, -0.2) is 4.75 Å². The second kappa shape index (κ2) is 3.25. The van der Waals surface area contributed by atoms with Crippen molar-refractivity contribution in [2.75, 3.05) is 0 Å². The van der Waals surface area contributed by atoms with Crippen LogP contribution in [0.25, 0.3) is 0 Å². The minimum atomic E-state index is 0.314. The lowest BCUT2D eigenvalue weighted by atomic mass is 9.56. The molecule has 72 valence electrons. The zero-order valence-electron chi connectivity index (χ0n) is 8.96. The highest BCUT2D eigenvalue weighted by molar-refractivity contribution is 7.82. The number of thiol groups is 1. The van der Waals surface area contributed by atoms with E-state index in [1.165, 1.54) is 6.42 Å². The van der Waals surface area contributed by atoms with Crippen LogP contribution in [0.1, 0.15) is 41.0 Å². The molecule has 0 N–H and O–H groups in total. The molecule has 1 rings (SSSR count). The first-order valence-corrected chi connectivity index (χ1v) is 5.57. The molecule has 0 aromatic carbocycles. The van der Waals surface area contributed by atoms with Crippen LogP contribution < -0.4 is 0 Å². The van der Waals surface area contributed by atoms with E-state index in [4.69, 9.17) is 12.6 Å². The fourth-order valence-electron chi connectivity index (χ4n) is 2.77. The molecule has 0 saturated heterocycles. The summed E-state index contributed by atoms with van der Waals surface area (Å²) in [5.74, 6) is 3.13. The molecular formula is C11H22S. The molecule has 1 aliphatic carbocycles. The van der Waals surface area contributed by atoms with Gasteiger partial charge in [-0.15, -0.1) is 0 Å². The second-order valence-corrected chi connectivity index (χ2v) is 5.80. The Labute approximate surface area is 82.5 Å². The third-order valence-corrected chi connectivity index (χ3v) is 5.01. The number of hydrogen-bond donors (Lipinski definition) is 1. The van der Waals surface area contributed by atoms with Crippen molar-refractivity contribution in [2.24, 2.45) is 23.7 Å². The Morgan fingerprint density at radius 3 is 1.92 bits per heavy atom. The zero-order valence-corrected chi connectivity index (χ0v) is 9.86. The maximum atomic E-state index is 4.90. The molecule has 3 unspecified atom stereocenters. The smallest absolute Gasteiger partial charge is 0.0209 e. The van der Waals surface area contributed by atoms with E-state index < -0.39 is 0 Å². The maximum Gasteiger partial charge on any atom is 0.0209 e. The molecule has 0 aliphatic heterocycles. The van der Waals surface area contributed by atoms with E-state index in [1.54, 1.807) is 0 Å². The molecule has 1 saturated carbocycles. The van der Waals surface area contributed by atoms with E-state index in [0.717, 1.165) is 17.8 Å². The third kappa shape index (κ3) is 1.30. The molecule has 12 heavy (non-hydrogen) atoms. The van der Waals surface area contributed by atoms with Crippen LogP contribution in [0.4, 0.5) is 0 Å². The lowest BCUT2D eigenvalue weighted by molar-refractivity contribution is 0.0479. The van der Waals surface area contributed by atoms with Crippen LogP contribution in [0, 0.1) is 23.7 Å². The number of rotatable bonds is 2. The van der Waals surface area contributed by atoms with E-state index in [9.17, 15) is 0 Å². The molecule has 0 amide bonds. The van der Waals surface area contributed by atoms with Gasteiger partial charge in [0.25, 0.3) is 0 Å². The molecule has 0 radical (unpaired) electrons. The van der Waals surface area contributed by atoms with Crippen LogP contribution in [0.2, 0.25) is 0 Å². The highest BCUT2D eigenvalue weighted by Gasteiger charge is 2.52. The molecule has 0 aromatic heterocycles. The summed E-state index contributed by atoms with van der Waals surface area (Å²) in [7, 11) is 0. The van der Waals surface area contributed by atoms with Gasteiger partial charge in [-0.1, -0.05) is 34.6 Å². The highest BCUT2D eigenvalue weighted by Crippen LogP contribution is 2.56. The van der Waals surface area contributed by atoms with Crippen LogP contribution >= 0.6 is 12.6 Å². The van der Waals surface area contributed by atoms with E-state index in [-0.39, 0.29) is 0 Å². The quantitative estimate of drug-likeness (QED) is 0.626. The van der Waals surface area contributed by atoms with Gasteiger partial charge in [-0.25, -0.2) is 0 Å². The van der Waals surface area contributed by atoms with Crippen molar-refractivity contribution in [3.8, 4) is 0 Å². The number of hydrogen-bond acceptors (Lipinski definition) is 1. The Morgan fingerprint density at radius 1 is 1.25 bits per heavy atom. The van der Waals surface area contributed by atoms with Crippen molar-refractivity contribution in [1.29, 1.82) is 0 Å². The minimum absolute atomic E-state index is 0.314. The van der Waals surface area contributed by atoms with Crippen molar-refractivity contribution in [3.05, 3.63) is 0 Å². The van der Waals surface area contributed by atoms with Crippen molar-refractivity contribution < 1.29 is 0 Å². The van der Waals surface area contributed by atoms with Gasteiger partial charge in [0, 0.05) is 4.75 Å². The summed E-state index contributed by atoms with van der Waals surface area (Å²) in [6.07, 6.45) is 1.37. The Morgan fingerprint density at radius 2 is 1.75 bits per heavy atom. The summed E-state index contributed by atoms with van der Waals surface area (Å²) in [5.41, 5.74) is 0. The van der Waals surface area contributed by atoms with Crippen LogP contribution in [0.3, 0.4) is 0 Å². The van der Waals surface area contributed by atoms with Gasteiger partial charge in [-0.05, 0) is 30.1 Å². The van der Waals surface area contributed by atoms with E-state index in [2.05, 4.69) is 34.6 Å². The van der Waals surface area contributed by atoms with E-state index >= 15 is 0 Å². The van der Waals surface area contributed by atoms with Crippen LogP contribution in [-0.2, 0) is 0 Å². The molecule has 1 aliphatic rings. The predicted molar refractivity (Wildman–Crippen MR) is 58.7 cm³/mol. The van der Waals surface area contributed by atoms with Crippen molar-refractivity contribution >= 4 is 12.6 Å². The predicted octanol–water partition coefficient (Wildman–Crippen LogP) is 3.62. The highest BCUT2D eigenvalue weighted by atomic mass is 32.1. The minimum Gasteiger partial charge on any atom is -0.172 e. The Hall–Kier alpha value is 0.350. The fourth-order valence-corrected chi connectivity index (χ4v) is 3.28. The van der Waals surface area contributed by atoms with Crippen LogP contribution in [0.5, 0.6) is 0 Å². The topological polar surface area (TPSA) is 0 Å². The molecule has 0 spiro atoms. The van der Waals surface area contributed by atoms with Gasteiger partial charge in [0.15, 0.2) is 0 Å². The van der Waals surface area contributed by atoms with Gasteiger partial charge in [-0.3, -0.25) is 0 Å². The van der Waals surface area contributed by atoms with Crippen molar-refractivity contribution in [2.45, 2.75) is 45.8 Å². The van der Waals surface area contributed by atoms with Crippen LogP contribution in [0.15, 0.2) is 0 Å². The van der Waals surface area contributed by atoms with Gasteiger partial charge < -0.3 is 0 Å². The van der Waals surface area contributed by atoms with Gasteiger partial charge in [0.1, 0.15) is 0 Å². The molecule has 0 aromatic rings. The molecule has 0 heterocycles. The third-order valence-electron chi connectivity index (χ3n) is 3.72. The Balaban J connectivity index is 2.72. The summed E-state index contributed by atoms with van der Waals surface area (Å²) in [6, 6.07) is 0. The van der Waals surface area contributed by atoms with Crippen molar-refractivity contribution in [1.82, 2.24) is 0 Å². The Kier molecular flexibility index (Phi) is 2.82. The summed E-state index contributed by atoms with van der Waals surface area (Å²) < 4.78 is 0.314. The van der Waals surface area contributed by atoms with Gasteiger partial charge in [-0.2, -0.15) is 12.6 Å². The first kappa shape index (κ1) is 10.4. The molecule has 1 heteroatoms. The first-order valence-electron chi connectivity index (χ1n) is 5.13. The SMILES string of the molecule is CC(C)C1CC(C)C1(S)C(C)C. The van der Waals surface area contributed by atoms with Gasteiger partial charge in [0.2, 0.25) is 0 Å². The van der Waals surface area contributed by atoms with Crippen molar-refractivity contribution in [3.63, 3.8) is 0 Å². The average Bonchev–Trinajstić information content (AvgIpc) is 1.97. The van der Waals surface area contributed by atoms with E-state index in [1.807, 2.05) is 0 Å². The standard InChI is InChI=1S/C11H22S/c1-7(2)10-6-9(5)11(10,12)8(3)4/h7-10,12H,6H2,1-5H3. The monoisotopic (exact) mass is 186 g/mol. The summed E-state index contributed by atoms with van der Waals surface area (Å²) in [6.45, 7) is 11.6. The fraction of sp³-hybridized carbons (Fsp3) is 1.00. The summed E-state index contributed by atoms with van der Waals surface area (Å²) in [5, 5.41) is 0. The lowest BCUT2D eigenvalue weighted by Gasteiger charge is -2.57. The normalized spacial score (nSPS) is 42.0. The molecule has 3 atom stereocenters. The van der Waals surface area contributed by atoms with Gasteiger partial charge >= 0.3 is 0 Å². The van der Waals surface area contributed by atoms with E-state index in [0.29, 0.717) is 10.7 Å². The van der Waals surface area contributed by atoms with Gasteiger partial charge in [0.05, 0.1) is 0 Å². The summed E-state index contributed by atoms with van der Waals surface area (Å²) >= 11 is 4.90. The largest absolute Gasteiger partial charge is 0.172 e. The summed E-state index contributed by atoms with van der Waals surface area (Å²) in [4.78, 5) is 0. The second-order valence-electron chi connectivity index (χ2n) is 5.03. The lowest BCUT2D eigenvalue weighted by Crippen LogP contribution is -2.55. The zero-order chi connectivity index (χ0) is 9.52. The molecule has 1 fully saturated rings. The molecule has 0 bridgehead atoms. The molecular weight excluding hydrogens is 164 g/mol.